The van der Waals surface area contributed by atoms with Crippen LogP contribution >= 0.6 is 12.4 Å². The highest BCUT2D eigenvalue weighted by Crippen LogP contribution is 2.34. The molecule has 0 spiro atoms. The molecule has 6 heteroatoms. The van der Waals surface area contributed by atoms with E-state index in [0.717, 1.165) is 24.8 Å². The summed E-state index contributed by atoms with van der Waals surface area (Å²) in [5.41, 5.74) is 7.30. The number of carbonyl (C=O) groups is 2. The summed E-state index contributed by atoms with van der Waals surface area (Å²) in [6.45, 7) is 4.41. The Bertz CT molecular complexity index is 576. The zero-order valence-corrected chi connectivity index (χ0v) is 14.3. The van der Waals surface area contributed by atoms with E-state index in [1.165, 1.54) is 5.56 Å². The molecule has 1 aromatic rings. The number of halogens is 1. The van der Waals surface area contributed by atoms with Crippen molar-refractivity contribution in [3.8, 4) is 0 Å². The third kappa shape index (κ3) is 3.67. The van der Waals surface area contributed by atoms with Crippen molar-refractivity contribution in [1.29, 1.82) is 0 Å². The summed E-state index contributed by atoms with van der Waals surface area (Å²) in [4.78, 5) is 28.3. The van der Waals surface area contributed by atoms with E-state index < -0.39 is 5.54 Å². The van der Waals surface area contributed by atoms with Crippen LogP contribution in [0.25, 0.3) is 0 Å². The molecule has 1 aromatic carbocycles. The lowest BCUT2D eigenvalue weighted by atomic mass is 10.1. The molecule has 0 aromatic heterocycles. The maximum atomic E-state index is 12.5. The van der Waals surface area contributed by atoms with Crippen LogP contribution in [0.1, 0.15) is 35.7 Å². The molecule has 5 nitrogen and oxygen atoms in total. The molecule has 0 atom stereocenters. The van der Waals surface area contributed by atoms with E-state index in [0.29, 0.717) is 26.2 Å². The summed E-state index contributed by atoms with van der Waals surface area (Å²) in [6.07, 6.45) is 2.54. The molecule has 1 saturated carbocycles. The summed E-state index contributed by atoms with van der Waals surface area (Å²) < 4.78 is 0. The van der Waals surface area contributed by atoms with Crippen LogP contribution in [-0.2, 0) is 11.2 Å². The van der Waals surface area contributed by atoms with Crippen molar-refractivity contribution in [3.05, 3.63) is 35.4 Å². The van der Waals surface area contributed by atoms with Gasteiger partial charge < -0.3 is 15.5 Å². The van der Waals surface area contributed by atoms with Crippen LogP contribution in [0.5, 0.6) is 0 Å². The summed E-state index contributed by atoms with van der Waals surface area (Å²) in [7, 11) is 0. The molecule has 0 radical (unpaired) electrons. The van der Waals surface area contributed by atoms with Crippen molar-refractivity contribution in [2.24, 2.45) is 5.73 Å². The molecule has 1 saturated heterocycles. The molecule has 0 bridgehead atoms. The quantitative estimate of drug-likeness (QED) is 0.907. The smallest absolute Gasteiger partial charge is 0.253 e. The number of nitrogens with two attached hydrogens (primary N) is 1. The zero-order chi connectivity index (χ0) is 15.7. The number of amides is 2. The van der Waals surface area contributed by atoms with E-state index in [1.54, 1.807) is 4.90 Å². The maximum absolute atomic E-state index is 12.5. The van der Waals surface area contributed by atoms with Crippen LogP contribution in [0.4, 0.5) is 0 Å². The van der Waals surface area contributed by atoms with Gasteiger partial charge in [0.2, 0.25) is 5.91 Å². The molecule has 2 fully saturated rings. The van der Waals surface area contributed by atoms with Gasteiger partial charge in [-0.3, -0.25) is 9.59 Å². The number of nitrogens with zero attached hydrogens (tertiary/aromatic N) is 2. The first-order chi connectivity index (χ1) is 10.5. The molecule has 1 heterocycles. The lowest BCUT2D eigenvalue weighted by Gasteiger charge is -2.36. The molecular weight excluding hydrogens is 314 g/mol. The average Bonchev–Trinajstić information content (AvgIpc) is 3.32. The summed E-state index contributed by atoms with van der Waals surface area (Å²) >= 11 is 0. The average molecular weight is 338 g/mol. The van der Waals surface area contributed by atoms with Crippen LogP contribution in [0.3, 0.4) is 0 Å². The first kappa shape index (κ1) is 17.8. The van der Waals surface area contributed by atoms with E-state index >= 15 is 0 Å². The summed E-state index contributed by atoms with van der Waals surface area (Å²) in [5.74, 6) is 0.0931. The maximum Gasteiger partial charge on any atom is 0.253 e. The van der Waals surface area contributed by atoms with Crippen molar-refractivity contribution < 1.29 is 9.59 Å². The highest BCUT2D eigenvalue weighted by molar-refractivity contribution is 5.94. The van der Waals surface area contributed by atoms with Crippen LogP contribution in [0, 0.1) is 0 Å². The van der Waals surface area contributed by atoms with Gasteiger partial charge >= 0.3 is 0 Å². The monoisotopic (exact) mass is 337 g/mol. The van der Waals surface area contributed by atoms with Crippen molar-refractivity contribution in [2.75, 3.05) is 26.2 Å². The Morgan fingerprint density at radius 3 is 2.04 bits per heavy atom. The van der Waals surface area contributed by atoms with Crippen LogP contribution in [0.15, 0.2) is 24.3 Å². The van der Waals surface area contributed by atoms with Crippen molar-refractivity contribution in [1.82, 2.24) is 9.80 Å². The Balaban J connectivity index is 0.00000192. The highest BCUT2D eigenvalue weighted by atomic mass is 35.5. The van der Waals surface area contributed by atoms with Gasteiger partial charge in [-0.25, -0.2) is 0 Å². The van der Waals surface area contributed by atoms with Crippen molar-refractivity contribution >= 4 is 24.2 Å². The lowest BCUT2D eigenvalue weighted by Crippen LogP contribution is -2.55. The molecule has 126 valence electrons. The normalized spacial score (nSPS) is 19.0. The molecule has 1 aliphatic heterocycles. The van der Waals surface area contributed by atoms with E-state index in [9.17, 15) is 9.59 Å². The van der Waals surface area contributed by atoms with Gasteiger partial charge in [0.15, 0.2) is 0 Å². The van der Waals surface area contributed by atoms with E-state index in [-0.39, 0.29) is 24.2 Å². The number of carbonyl (C=O) groups excluding carboxylic acids is 2. The molecule has 3 rings (SSSR count). The van der Waals surface area contributed by atoms with Gasteiger partial charge in [0, 0.05) is 31.7 Å². The molecule has 23 heavy (non-hydrogen) atoms. The standard InChI is InChI=1S/C17H23N3O2.ClH/c1-2-13-3-5-14(6-4-13)15(21)19-9-11-20(12-10-19)16(22)17(18)7-8-17;/h3-6H,2,7-12,18H2,1H3;1H. The summed E-state index contributed by atoms with van der Waals surface area (Å²) in [5, 5.41) is 0. The third-order valence-electron chi connectivity index (χ3n) is 4.68. The summed E-state index contributed by atoms with van der Waals surface area (Å²) in [6, 6.07) is 7.77. The molecular formula is C17H24ClN3O2. The fourth-order valence-corrected chi connectivity index (χ4v) is 2.84. The second-order valence-corrected chi connectivity index (χ2v) is 6.29. The fraction of sp³-hybridized carbons (Fsp3) is 0.529. The first-order valence-corrected chi connectivity index (χ1v) is 8.00. The SMILES string of the molecule is CCc1ccc(C(=O)N2CCN(C(=O)C3(N)CC3)CC2)cc1.Cl. The van der Waals surface area contributed by atoms with E-state index in [4.69, 9.17) is 5.73 Å². The number of hydrogen-bond acceptors (Lipinski definition) is 3. The largest absolute Gasteiger partial charge is 0.338 e. The second-order valence-electron chi connectivity index (χ2n) is 6.29. The van der Waals surface area contributed by atoms with Gasteiger partial charge in [-0.05, 0) is 37.0 Å². The van der Waals surface area contributed by atoms with Gasteiger partial charge in [-0.1, -0.05) is 19.1 Å². The number of rotatable bonds is 3. The van der Waals surface area contributed by atoms with Crippen molar-refractivity contribution in [2.45, 2.75) is 31.7 Å². The van der Waals surface area contributed by atoms with E-state index in [2.05, 4.69) is 6.92 Å². The minimum absolute atomic E-state index is 0. The molecule has 1 aliphatic carbocycles. The van der Waals surface area contributed by atoms with E-state index in [1.807, 2.05) is 29.2 Å². The number of benzene rings is 1. The number of piperazine rings is 1. The van der Waals surface area contributed by atoms with Gasteiger partial charge in [0.1, 0.15) is 0 Å². The van der Waals surface area contributed by atoms with Gasteiger partial charge in [-0.2, -0.15) is 0 Å². The van der Waals surface area contributed by atoms with Crippen molar-refractivity contribution in [3.63, 3.8) is 0 Å². The molecule has 2 aliphatic rings. The molecule has 2 N–H and O–H groups in total. The predicted molar refractivity (Wildman–Crippen MR) is 91.7 cm³/mol. The highest BCUT2D eigenvalue weighted by Gasteiger charge is 2.48. The Kier molecular flexibility index (Phi) is 5.32. The first-order valence-electron chi connectivity index (χ1n) is 8.00. The fourth-order valence-electron chi connectivity index (χ4n) is 2.84. The zero-order valence-electron chi connectivity index (χ0n) is 13.5. The predicted octanol–water partition coefficient (Wildman–Crippen LogP) is 1.45. The molecule has 2 amide bonds. The van der Waals surface area contributed by atoms with Gasteiger partial charge in [0.05, 0.1) is 5.54 Å². The van der Waals surface area contributed by atoms with Gasteiger partial charge in [0.25, 0.3) is 5.91 Å². The number of aryl methyl sites for hydroxylation is 1. The topological polar surface area (TPSA) is 66.6 Å². The second kappa shape index (κ2) is 6.89. The van der Waals surface area contributed by atoms with Gasteiger partial charge in [-0.15, -0.1) is 12.4 Å². The van der Waals surface area contributed by atoms with Crippen LogP contribution in [-0.4, -0.2) is 53.3 Å². The Morgan fingerprint density at radius 2 is 1.57 bits per heavy atom. The number of hydrogen-bond donors (Lipinski definition) is 1. The van der Waals surface area contributed by atoms with Crippen LogP contribution < -0.4 is 5.73 Å². The minimum Gasteiger partial charge on any atom is -0.338 e. The molecule has 0 unspecified atom stereocenters. The third-order valence-corrected chi connectivity index (χ3v) is 4.68. The Hall–Kier alpha value is -1.59. The minimum atomic E-state index is -0.609. The Morgan fingerprint density at radius 1 is 1.04 bits per heavy atom. The lowest BCUT2D eigenvalue weighted by molar-refractivity contribution is -0.135. The Labute approximate surface area is 143 Å². The van der Waals surface area contributed by atoms with Crippen LogP contribution in [0.2, 0.25) is 0 Å².